The normalized spacial score (nSPS) is 23.8. The van der Waals surface area contributed by atoms with Gasteiger partial charge in [-0.2, -0.15) is 0 Å². The lowest BCUT2D eigenvalue weighted by Gasteiger charge is -2.37. The molecule has 1 aliphatic rings. The zero-order valence-corrected chi connectivity index (χ0v) is 17.6. The fraction of sp³-hybridized carbons (Fsp3) is 0.333. The fourth-order valence-corrected chi connectivity index (χ4v) is 3.11. The first kappa shape index (κ1) is 27.9. The van der Waals surface area contributed by atoms with Gasteiger partial charge in [-0.05, 0) is 23.8 Å². The minimum absolute atomic E-state index is 0.124. The van der Waals surface area contributed by atoms with Crippen LogP contribution in [0.4, 0.5) is 0 Å². The Morgan fingerprint density at radius 2 is 1.46 bits per heavy atom. The Balaban J connectivity index is 2.55. The van der Waals surface area contributed by atoms with Crippen molar-refractivity contribution in [1.82, 2.24) is 0 Å². The lowest BCUT2D eigenvalue weighted by Crippen LogP contribution is -2.68. The Kier molecular flexibility index (Phi) is 8.06. The van der Waals surface area contributed by atoms with E-state index in [2.05, 4.69) is 0 Å². The zero-order chi connectivity index (χ0) is 26.9. The molecule has 1 aliphatic carbocycles. The van der Waals surface area contributed by atoms with E-state index in [-0.39, 0.29) is 11.3 Å². The van der Waals surface area contributed by atoms with Crippen molar-refractivity contribution in [3.63, 3.8) is 0 Å². The number of aliphatic hydroxyl groups excluding tert-OH is 6. The van der Waals surface area contributed by atoms with Crippen LogP contribution in [0.2, 0.25) is 0 Å². The number of rotatable bonds is 9. The van der Waals surface area contributed by atoms with E-state index < -0.39 is 76.9 Å². The molecule has 5 atom stereocenters. The highest BCUT2D eigenvalue weighted by atomic mass is 16.5. The molecule has 0 saturated heterocycles. The molecule has 10 N–H and O–H groups in total. The molecular weight excluding hydrogens is 476 g/mol. The van der Waals surface area contributed by atoms with Crippen molar-refractivity contribution in [1.29, 1.82) is 0 Å². The van der Waals surface area contributed by atoms with Gasteiger partial charge in [-0.25, -0.2) is 0 Å². The van der Waals surface area contributed by atoms with Crippen molar-refractivity contribution in [2.75, 3.05) is 6.61 Å². The molecule has 14 nitrogen and oxygen atoms in total. The van der Waals surface area contributed by atoms with Crippen LogP contribution in [0, 0.1) is 0 Å². The van der Waals surface area contributed by atoms with Crippen LogP contribution in [0.1, 0.15) is 5.56 Å². The van der Waals surface area contributed by atoms with E-state index in [1.165, 1.54) is 24.3 Å². The number of benzene rings is 1. The monoisotopic (exact) mass is 498 g/mol. The van der Waals surface area contributed by atoms with Crippen LogP contribution in [0.15, 0.2) is 41.7 Å². The van der Waals surface area contributed by atoms with Crippen LogP contribution in [-0.4, -0.2) is 117 Å². The van der Waals surface area contributed by atoms with E-state index in [0.717, 1.165) is 6.08 Å². The maximum absolute atomic E-state index is 12.7. The molecule has 1 aromatic rings. The van der Waals surface area contributed by atoms with E-state index >= 15 is 0 Å². The zero-order valence-electron chi connectivity index (χ0n) is 17.6. The molecule has 35 heavy (non-hydrogen) atoms. The quantitative estimate of drug-likeness (QED) is 0.0664. The molecule has 1 aromatic carbocycles. The van der Waals surface area contributed by atoms with Gasteiger partial charge in [0.2, 0.25) is 23.0 Å². The first-order chi connectivity index (χ1) is 16.1. The third kappa shape index (κ3) is 4.90. The molecule has 0 amide bonds. The molecule has 0 aliphatic heterocycles. The molecule has 0 fully saturated rings. The first-order valence-corrected chi connectivity index (χ1v) is 9.71. The van der Waals surface area contributed by atoms with Crippen molar-refractivity contribution in [2.45, 2.75) is 35.8 Å². The molecule has 0 unspecified atom stereocenters. The van der Waals surface area contributed by atoms with Crippen LogP contribution in [0.25, 0.3) is 6.08 Å². The number of Topliss-reactive ketones (excluding diaryl/α,β-unsaturated/α-hetero) is 3. The van der Waals surface area contributed by atoms with Crippen molar-refractivity contribution < 1.29 is 70.2 Å². The molecule has 0 spiro atoms. The summed E-state index contributed by atoms with van der Waals surface area (Å²) in [6.07, 6.45) is -8.67. The van der Waals surface area contributed by atoms with Crippen LogP contribution >= 0.6 is 0 Å². The molecule has 0 bridgehead atoms. The van der Waals surface area contributed by atoms with Gasteiger partial charge < -0.3 is 51.1 Å². The third-order valence-corrected chi connectivity index (χ3v) is 5.21. The summed E-state index contributed by atoms with van der Waals surface area (Å²) in [6, 6.07) is 5.07. The number of hydrogen-bond donors (Lipinski definition) is 10. The van der Waals surface area contributed by atoms with E-state index in [4.69, 9.17) is 5.11 Å². The molecule has 190 valence electrons. The topological polar surface area (TPSA) is 271 Å². The van der Waals surface area contributed by atoms with Crippen molar-refractivity contribution in [3.05, 3.63) is 47.2 Å². The lowest BCUT2D eigenvalue weighted by atomic mass is 9.73. The number of aliphatic hydroxyl groups is 9. The van der Waals surface area contributed by atoms with Gasteiger partial charge in [0.05, 0.1) is 6.61 Å². The summed E-state index contributed by atoms with van der Waals surface area (Å²) in [4.78, 5) is 50.0. The van der Waals surface area contributed by atoms with Crippen LogP contribution in [0.5, 0.6) is 5.75 Å². The number of hydrogen-bond acceptors (Lipinski definition) is 14. The largest absolute Gasteiger partial charge is 0.508 e. The first-order valence-electron chi connectivity index (χ1n) is 9.71. The van der Waals surface area contributed by atoms with E-state index in [9.17, 15) is 65.1 Å². The van der Waals surface area contributed by atoms with Gasteiger partial charge in [0.15, 0.2) is 11.5 Å². The van der Waals surface area contributed by atoms with Gasteiger partial charge in [0, 0.05) is 0 Å². The van der Waals surface area contributed by atoms with Gasteiger partial charge in [-0.1, -0.05) is 18.2 Å². The SMILES string of the molecule is O=C(/C=C/c1ccc(O)cc1)C1=C(O)[C@@](O)(C(=O)[C@H](O)[C@@H](O)[C@H](O)[C@H](O)CO)C(=O)C(O)(O)C1=O. The number of allylic oxidation sites excluding steroid dienone is 1. The summed E-state index contributed by atoms with van der Waals surface area (Å²) in [5.74, 6) is -14.8. The van der Waals surface area contributed by atoms with Gasteiger partial charge in [-0.3, -0.25) is 19.2 Å². The predicted octanol–water partition coefficient (Wildman–Crippen LogP) is -4.64. The number of aromatic hydroxyl groups is 1. The summed E-state index contributed by atoms with van der Waals surface area (Å²) >= 11 is 0. The fourth-order valence-electron chi connectivity index (χ4n) is 3.11. The Morgan fingerprint density at radius 3 is 1.97 bits per heavy atom. The maximum atomic E-state index is 12.7. The lowest BCUT2D eigenvalue weighted by molar-refractivity contribution is -0.205. The summed E-state index contributed by atoms with van der Waals surface area (Å²) in [5, 5.41) is 97.8. The number of phenolic OH excluding ortho intramolecular Hbond substituents is 1. The Morgan fingerprint density at radius 1 is 0.914 bits per heavy atom. The molecule has 0 saturated carbocycles. The second-order valence-electron chi connectivity index (χ2n) is 7.59. The number of carbonyl (C=O) groups is 4. The summed E-state index contributed by atoms with van der Waals surface area (Å²) in [7, 11) is 0. The van der Waals surface area contributed by atoms with Crippen molar-refractivity contribution >= 4 is 29.2 Å². The standard InChI is InChI=1S/C21H22O14/c22-7-11(25)13(26)14(27)15(28)18(31)20(33)16(29)12(17(30)21(34,35)19(20)32)10(24)6-3-8-1-4-9(23)5-2-8/h1-6,11,13-15,22-23,25-29,33-35H,7H2/b6-3+/t11-,13-,14+,15-,20-/m1/s1. The average molecular weight is 498 g/mol. The van der Waals surface area contributed by atoms with Crippen molar-refractivity contribution in [2.24, 2.45) is 0 Å². The van der Waals surface area contributed by atoms with Crippen LogP contribution in [0.3, 0.4) is 0 Å². The molecule has 0 radical (unpaired) electrons. The highest BCUT2D eigenvalue weighted by molar-refractivity contribution is 6.38. The van der Waals surface area contributed by atoms with Crippen LogP contribution < -0.4 is 0 Å². The highest BCUT2D eigenvalue weighted by Gasteiger charge is 2.66. The Bertz CT molecular complexity index is 1090. The minimum atomic E-state index is -4.25. The van der Waals surface area contributed by atoms with Gasteiger partial charge in [0.25, 0.3) is 5.79 Å². The van der Waals surface area contributed by atoms with Gasteiger partial charge in [-0.15, -0.1) is 0 Å². The van der Waals surface area contributed by atoms with Gasteiger partial charge >= 0.3 is 0 Å². The molecular formula is C21H22O14. The highest BCUT2D eigenvalue weighted by Crippen LogP contribution is 2.35. The number of phenols is 1. The molecule has 2 rings (SSSR count). The van der Waals surface area contributed by atoms with E-state index in [1.54, 1.807) is 0 Å². The second-order valence-corrected chi connectivity index (χ2v) is 7.59. The van der Waals surface area contributed by atoms with Crippen LogP contribution in [-0.2, 0) is 19.2 Å². The van der Waals surface area contributed by atoms with E-state index in [1.807, 2.05) is 0 Å². The van der Waals surface area contributed by atoms with Gasteiger partial charge in [0.1, 0.15) is 35.7 Å². The maximum Gasteiger partial charge on any atom is 0.294 e. The smallest absolute Gasteiger partial charge is 0.294 e. The average Bonchev–Trinajstić information content (AvgIpc) is 2.84. The Hall–Kier alpha value is -3.34. The summed E-state index contributed by atoms with van der Waals surface area (Å²) < 4.78 is 0. The number of ketones is 4. The van der Waals surface area contributed by atoms with E-state index in [0.29, 0.717) is 6.08 Å². The number of carbonyl (C=O) groups excluding carboxylic acids is 4. The minimum Gasteiger partial charge on any atom is -0.508 e. The Labute approximate surface area is 195 Å². The third-order valence-electron chi connectivity index (χ3n) is 5.21. The summed E-state index contributed by atoms with van der Waals surface area (Å²) in [5.41, 5.74) is -5.53. The molecule has 14 heteroatoms. The molecule has 0 aromatic heterocycles. The molecule has 0 heterocycles. The second kappa shape index (κ2) is 10.1. The predicted molar refractivity (Wildman–Crippen MR) is 110 cm³/mol. The summed E-state index contributed by atoms with van der Waals surface area (Å²) in [6.45, 7) is -1.16. The van der Waals surface area contributed by atoms with Crippen molar-refractivity contribution in [3.8, 4) is 5.75 Å².